The fourth-order valence-corrected chi connectivity index (χ4v) is 2.23. The van der Waals surface area contributed by atoms with Gasteiger partial charge in [-0.15, -0.1) is 0 Å². The minimum atomic E-state index is -1.57. The largest absolute Gasteiger partial charge is 0.352 e. The van der Waals surface area contributed by atoms with Gasteiger partial charge in [0.1, 0.15) is 5.69 Å². The van der Waals surface area contributed by atoms with E-state index in [1.54, 1.807) is 24.3 Å². The number of rotatable bonds is 4. The van der Waals surface area contributed by atoms with E-state index in [0.717, 1.165) is 12.1 Å². The molecule has 2 N–H and O–H groups in total. The summed E-state index contributed by atoms with van der Waals surface area (Å²) >= 11 is 5.78. The van der Waals surface area contributed by atoms with Gasteiger partial charge in [0, 0.05) is 10.7 Å². The molecule has 0 saturated heterocycles. The number of benzene rings is 2. The van der Waals surface area contributed by atoms with E-state index >= 15 is 0 Å². The first-order valence-electron chi connectivity index (χ1n) is 7.37. The van der Waals surface area contributed by atoms with Crippen molar-refractivity contribution in [3.05, 3.63) is 82.9 Å². The van der Waals surface area contributed by atoms with E-state index in [2.05, 4.69) is 15.6 Å². The molecule has 0 spiro atoms. The average Bonchev–Trinajstić information content (AvgIpc) is 2.64. The molecule has 3 aromatic rings. The van der Waals surface area contributed by atoms with Crippen molar-refractivity contribution < 1.29 is 18.0 Å². The Kier molecular flexibility index (Phi) is 5.09. The average molecular weight is 378 g/mol. The Morgan fingerprint density at radius 2 is 1.58 bits per heavy atom. The van der Waals surface area contributed by atoms with Crippen molar-refractivity contribution in [1.82, 2.24) is 4.98 Å². The molecule has 132 valence electrons. The van der Waals surface area contributed by atoms with Gasteiger partial charge in [0.15, 0.2) is 17.5 Å². The molecule has 1 heterocycles. The fourth-order valence-electron chi connectivity index (χ4n) is 2.11. The molecule has 0 unspecified atom stereocenters. The van der Waals surface area contributed by atoms with Crippen molar-refractivity contribution in [3.63, 3.8) is 0 Å². The van der Waals surface area contributed by atoms with Gasteiger partial charge in [-0.25, -0.2) is 18.2 Å². The highest BCUT2D eigenvalue weighted by Gasteiger charge is 2.14. The lowest BCUT2D eigenvalue weighted by atomic mass is 10.2. The molecule has 26 heavy (non-hydrogen) atoms. The van der Waals surface area contributed by atoms with Gasteiger partial charge in [0.05, 0.1) is 17.6 Å². The molecule has 0 aliphatic carbocycles. The number of nitrogens with one attached hydrogen (secondary N) is 2. The van der Waals surface area contributed by atoms with Crippen molar-refractivity contribution >= 4 is 34.6 Å². The minimum Gasteiger partial charge on any atom is -0.352 e. The molecule has 2 aromatic carbocycles. The summed E-state index contributed by atoms with van der Waals surface area (Å²) in [5, 5.41) is 5.76. The maximum absolute atomic E-state index is 13.7. The lowest BCUT2D eigenvalue weighted by Crippen LogP contribution is -2.13. The zero-order chi connectivity index (χ0) is 18.7. The molecule has 0 aliphatic rings. The van der Waals surface area contributed by atoms with E-state index in [9.17, 15) is 18.0 Å². The molecule has 3 rings (SSSR count). The van der Waals surface area contributed by atoms with Crippen LogP contribution in [-0.2, 0) is 0 Å². The molecule has 0 radical (unpaired) electrons. The van der Waals surface area contributed by atoms with Crippen LogP contribution in [0.2, 0.25) is 5.02 Å². The number of amides is 1. The zero-order valence-corrected chi connectivity index (χ0v) is 13.8. The molecule has 8 heteroatoms. The number of carbonyl (C=O) groups excluding carboxylic acids is 1. The summed E-state index contributed by atoms with van der Waals surface area (Å²) in [4.78, 5) is 16.1. The first-order valence-corrected chi connectivity index (χ1v) is 7.75. The molecule has 0 bridgehead atoms. The summed E-state index contributed by atoms with van der Waals surface area (Å²) in [6.45, 7) is 0. The van der Waals surface area contributed by atoms with Gasteiger partial charge in [-0.1, -0.05) is 11.6 Å². The quantitative estimate of drug-likeness (QED) is 0.618. The van der Waals surface area contributed by atoms with Crippen LogP contribution in [0.5, 0.6) is 0 Å². The van der Waals surface area contributed by atoms with Crippen LogP contribution in [-0.4, -0.2) is 10.9 Å². The molecule has 4 nitrogen and oxygen atoms in total. The first-order chi connectivity index (χ1) is 12.4. The van der Waals surface area contributed by atoms with Crippen molar-refractivity contribution in [1.29, 1.82) is 0 Å². The third-order valence-corrected chi connectivity index (χ3v) is 3.66. The molecule has 0 saturated carbocycles. The fraction of sp³-hybridized carbons (Fsp3) is 0. The highest BCUT2D eigenvalue weighted by Crippen LogP contribution is 2.23. The van der Waals surface area contributed by atoms with E-state index in [4.69, 9.17) is 11.6 Å². The third-order valence-electron chi connectivity index (χ3n) is 3.41. The highest BCUT2D eigenvalue weighted by molar-refractivity contribution is 6.30. The van der Waals surface area contributed by atoms with Crippen LogP contribution >= 0.6 is 11.6 Å². The Bertz CT molecular complexity index is 947. The standard InChI is InChI=1S/C18H11ClF3N3O/c19-10-1-3-11(4-2-10)25-18(26)15-7-5-12(9-23-15)24-14-8-6-13(20)16(21)17(14)22/h1-9,24H,(H,25,26). The summed E-state index contributed by atoms with van der Waals surface area (Å²) < 4.78 is 39.8. The maximum atomic E-state index is 13.7. The topological polar surface area (TPSA) is 54.0 Å². The second-order valence-corrected chi connectivity index (χ2v) is 5.68. The number of halogens is 4. The summed E-state index contributed by atoms with van der Waals surface area (Å²) in [6.07, 6.45) is 1.28. The molecule has 1 amide bonds. The van der Waals surface area contributed by atoms with Crippen LogP contribution in [0.25, 0.3) is 0 Å². The van der Waals surface area contributed by atoms with Crippen LogP contribution < -0.4 is 10.6 Å². The molecule has 0 fully saturated rings. The predicted molar refractivity (Wildman–Crippen MR) is 93.2 cm³/mol. The van der Waals surface area contributed by atoms with Gasteiger partial charge < -0.3 is 10.6 Å². The van der Waals surface area contributed by atoms with Crippen LogP contribution in [0.4, 0.5) is 30.2 Å². The number of hydrogen-bond donors (Lipinski definition) is 2. The van der Waals surface area contributed by atoms with E-state index in [-0.39, 0.29) is 11.4 Å². The summed E-state index contributed by atoms with van der Waals surface area (Å²) in [6, 6.07) is 11.3. The van der Waals surface area contributed by atoms with E-state index < -0.39 is 23.4 Å². The number of anilines is 3. The van der Waals surface area contributed by atoms with Gasteiger partial charge in [0.25, 0.3) is 5.91 Å². The van der Waals surface area contributed by atoms with Gasteiger partial charge in [-0.05, 0) is 48.5 Å². The van der Waals surface area contributed by atoms with Crippen LogP contribution in [0, 0.1) is 17.5 Å². The van der Waals surface area contributed by atoms with Gasteiger partial charge in [-0.2, -0.15) is 0 Å². The van der Waals surface area contributed by atoms with E-state index in [1.807, 2.05) is 0 Å². The van der Waals surface area contributed by atoms with Gasteiger partial charge in [0.2, 0.25) is 0 Å². The number of carbonyl (C=O) groups is 1. The number of aromatic nitrogens is 1. The van der Waals surface area contributed by atoms with Gasteiger partial charge in [-0.3, -0.25) is 4.79 Å². The van der Waals surface area contributed by atoms with Crippen LogP contribution in [0.15, 0.2) is 54.7 Å². The maximum Gasteiger partial charge on any atom is 0.274 e. The Labute approximate surface area is 151 Å². The molecule has 0 aliphatic heterocycles. The number of hydrogen-bond acceptors (Lipinski definition) is 3. The van der Waals surface area contributed by atoms with Crippen LogP contribution in [0.3, 0.4) is 0 Å². The Morgan fingerprint density at radius 3 is 2.23 bits per heavy atom. The SMILES string of the molecule is O=C(Nc1ccc(Cl)cc1)c1ccc(Nc2ccc(F)c(F)c2F)cn1. The Hall–Kier alpha value is -3.06. The van der Waals surface area contributed by atoms with Crippen molar-refractivity contribution in [3.8, 4) is 0 Å². The highest BCUT2D eigenvalue weighted by atomic mass is 35.5. The minimum absolute atomic E-state index is 0.122. The summed E-state index contributed by atoms with van der Waals surface area (Å²) in [5.74, 6) is -4.63. The van der Waals surface area contributed by atoms with E-state index in [1.165, 1.54) is 18.3 Å². The van der Waals surface area contributed by atoms with Crippen molar-refractivity contribution in [2.75, 3.05) is 10.6 Å². The molecular formula is C18H11ClF3N3O. The Balaban J connectivity index is 1.71. The second-order valence-electron chi connectivity index (χ2n) is 5.24. The smallest absolute Gasteiger partial charge is 0.274 e. The monoisotopic (exact) mass is 377 g/mol. The second kappa shape index (κ2) is 7.45. The molecular weight excluding hydrogens is 367 g/mol. The number of pyridine rings is 1. The van der Waals surface area contributed by atoms with Crippen LogP contribution in [0.1, 0.15) is 10.5 Å². The van der Waals surface area contributed by atoms with Crippen molar-refractivity contribution in [2.45, 2.75) is 0 Å². The lowest BCUT2D eigenvalue weighted by molar-refractivity contribution is 0.102. The number of nitrogens with zero attached hydrogens (tertiary/aromatic N) is 1. The summed E-state index contributed by atoms with van der Waals surface area (Å²) in [5.41, 5.74) is 0.727. The summed E-state index contributed by atoms with van der Waals surface area (Å²) in [7, 11) is 0. The van der Waals surface area contributed by atoms with E-state index in [0.29, 0.717) is 16.4 Å². The molecule has 1 aromatic heterocycles. The first kappa shape index (κ1) is 17.8. The molecule has 0 atom stereocenters. The predicted octanol–water partition coefficient (Wildman–Crippen LogP) is 5.15. The third kappa shape index (κ3) is 3.94. The van der Waals surface area contributed by atoms with Gasteiger partial charge >= 0.3 is 0 Å². The zero-order valence-electron chi connectivity index (χ0n) is 13.1. The Morgan fingerprint density at radius 1 is 0.885 bits per heavy atom. The van der Waals surface area contributed by atoms with Crippen molar-refractivity contribution in [2.24, 2.45) is 0 Å². The normalized spacial score (nSPS) is 10.5. The lowest BCUT2D eigenvalue weighted by Gasteiger charge is -2.09.